The lowest BCUT2D eigenvalue weighted by Crippen LogP contribution is -2.26. The molecule has 0 N–H and O–H groups in total. The van der Waals surface area contributed by atoms with Crippen LogP contribution in [0.25, 0.3) is 0 Å². The van der Waals surface area contributed by atoms with Crippen molar-refractivity contribution in [1.29, 1.82) is 0 Å². The normalized spacial score (nSPS) is 14.7. The fourth-order valence-electron chi connectivity index (χ4n) is 1.15. The number of nitrogens with zero attached hydrogens (tertiary/aromatic N) is 1. The summed E-state index contributed by atoms with van der Waals surface area (Å²) < 4.78 is 52.3. The summed E-state index contributed by atoms with van der Waals surface area (Å²) in [5.74, 6) is 4.49. The van der Waals surface area contributed by atoms with Gasteiger partial charge in [-0.15, -0.1) is 0 Å². The van der Waals surface area contributed by atoms with E-state index in [0.29, 0.717) is 6.42 Å². The van der Waals surface area contributed by atoms with Crippen LogP contribution in [0, 0.1) is 11.8 Å². The number of hydrogen-bond donors (Lipinski definition) is 0. The molecule has 0 aliphatic rings. The Morgan fingerprint density at radius 1 is 1.15 bits per heavy atom. The second kappa shape index (κ2) is 8.46. The Morgan fingerprint density at radius 3 is 2.20 bits per heavy atom. The number of rotatable bonds is 5. The van der Waals surface area contributed by atoms with Crippen molar-refractivity contribution >= 4 is 16.7 Å². The van der Waals surface area contributed by atoms with E-state index in [4.69, 9.17) is 0 Å². The van der Waals surface area contributed by atoms with Gasteiger partial charge in [0.15, 0.2) is 0 Å². The van der Waals surface area contributed by atoms with Gasteiger partial charge >= 0.3 is 6.18 Å². The summed E-state index contributed by atoms with van der Waals surface area (Å²) in [7, 11) is -1.96. The third kappa shape index (κ3) is 8.36. The van der Waals surface area contributed by atoms with Crippen molar-refractivity contribution in [2.45, 2.75) is 70.7 Å². The van der Waals surface area contributed by atoms with E-state index in [1.54, 1.807) is 20.8 Å². The highest BCUT2D eigenvalue weighted by atomic mass is 32.2. The zero-order valence-corrected chi connectivity index (χ0v) is 13.2. The van der Waals surface area contributed by atoms with Gasteiger partial charge in [-0.05, 0) is 33.1 Å². The third-order valence-electron chi connectivity index (χ3n) is 2.33. The highest BCUT2D eigenvalue weighted by Gasteiger charge is 2.36. The summed E-state index contributed by atoms with van der Waals surface area (Å²) in [6, 6.07) is 0. The van der Waals surface area contributed by atoms with Crippen LogP contribution >= 0.6 is 0 Å². The molecule has 0 aliphatic heterocycles. The van der Waals surface area contributed by atoms with Gasteiger partial charge in [0, 0.05) is 6.42 Å². The van der Waals surface area contributed by atoms with E-state index in [9.17, 15) is 17.4 Å². The van der Waals surface area contributed by atoms with Crippen LogP contribution in [0.3, 0.4) is 0 Å². The Labute approximate surface area is 121 Å². The molecular formula is C14H22F3NOS. The summed E-state index contributed by atoms with van der Waals surface area (Å²) in [6.45, 7) is 6.76. The second-order valence-electron chi connectivity index (χ2n) is 5.41. The van der Waals surface area contributed by atoms with E-state index in [2.05, 4.69) is 17.2 Å². The first-order chi connectivity index (χ1) is 9.09. The maximum atomic E-state index is 12.7. The van der Waals surface area contributed by atoms with Gasteiger partial charge < -0.3 is 0 Å². The molecule has 1 atom stereocenters. The third-order valence-corrected chi connectivity index (χ3v) is 3.72. The molecule has 116 valence electrons. The maximum absolute atomic E-state index is 12.7. The Bertz CT molecular complexity index is 411. The molecule has 20 heavy (non-hydrogen) atoms. The fourth-order valence-corrected chi connectivity index (χ4v) is 1.74. The first-order valence-electron chi connectivity index (χ1n) is 6.65. The van der Waals surface area contributed by atoms with Crippen molar-refractivity contribution in [2.24, 2.45) is 4.40 Å². The summed E-state index contributed by atoms with van der Waals surface area (Å²) in [4.78, 5) is 0. The van der Waals surface area contributed by atoms with E-state index >= 15 is 0 Å². The molecule has 0 amide bonds. The monoisotopic (exact) mass is 309 g/mol. The standard InChI is InChI=1S/C14H22F3NOS/c1-5-6-7-8-9-10-11-12(14(15,16)17)18-20(19)13(2,3)4/h5-9H2,1-4H3/t20-/m0/s1. The van der Waals surface area contributed by atoms with Gasteiger partial charge in [-0.1, -0.05) is 32.1 Å². The molecule has 0 aliphatic carbocycles. The van der Waals surface area contributed by atoms with Crippen LogP contribution in [0.1, 0.15) is 59.8 Å². The molecule has 2 nitrogen and oxygen atoms in total. The summed E-state index contributed by atoms with van der Waals surface area (Å²) in [6.07, 6.45) is -0.413. The quantitative estimate of drug-likeness (QED) is 0.420. The van der Waals surface area contributed by atoms with Crippen molar-refractivity contribution < 1.29 is 17.4 Å². The molecular weight excluding hydrogens is 287 g/mol. The van der Waals surface area contributed by atoms with Crippen molar-refractivity contribution in [3.05, 3.63) is 0 Å². The van der Waals surface area contributed by atoms with Crippen LogP contribution in [-0.2, 0) is 11.0 Å². The van der Waals surface area contributed by atoms with E-state index in [1.807, 2.05) is 5.92 Å². The zero-order chi connectivity index (χ0) is 15.8. The van der Waals surface area contributed by atoms with Crippen LogP contribution < -0.4 is 0 Å². The molecule has 0 aromatic rings. The number of unbranched alkanes of at least 4 members (excludes halogenated alkanes) is 4. The second-order valence-corrected chi connectivity index (χ2v) is 7.32. The highest BCUT2D eigenvalue weighted by Crippen LogP contribution is 2.20. The molecule has 0 rings (SSSR count). The van der Waals surface area contributed by atoms with Gasteiger partial charge in [-0.2, -0.15) is 17.6 Å². The summed E-state index contributed by atoms with van der Waals surface area (Å²) in [5, 5.41) is 0. The summed E-state index contributed by atoms with van der Waals surface area (Å²) >= 11 is 0. The highest BCUT2D eigenvalue weighted by molar-refractivity contribution is 7.85. The first kappa shape index (κ1) is 19.2. The molecule has 0 bridgehead atoms. The molecule has 0 fully saturated rings. The number of halogens is 3. The van der Waals surface area contributed by atoms with Crippen LogP contribution in [0.2, 0.25) is 0 Å². The van der Waals surface area contributed by atoms with Crippen molar-refractivity contribution in [3.8, 4) is 11.8 Å². The predicted molar refractivity (Wildman–Crippen MR) is 77.9 cm³/mol. The lowest BCUT2D eigenvalue weighted by Gasteiger charge is -2.14. The minimum atomic E-state index is -4.66. The lowest BCUT2D eigenvalue weighted by atomic mass is 10.1. The average Bonchev–Trinajstić information content (AvgIpc) is 2.29. The molecule has 0 spiro atoms. The van der Waals surface area contributed by atoms with Gasteiger partial charge in [0.2, 0.25) is 5.71 Å². The van der Waals surface area contributed by atoms with Crippen molar-refractivity contribution in [1.82, 2.24) is 0 Å². The molecule has 0 aromatic carbocycles. The lowest BCUT2D eigenvalue weighted by molar-refractivity contribution is -0.0570. The van der Waals surface area contributed by atoms with E-state index in [-0.39, 0.29) is 0 Å². The molecule has 0 heterocycles. The largest absolute Gasteiger partial charge is 0.442 e. The fraction of sp³-hybridized carbons (Fsp3) is 0.786. The van der Waals surface area contributed by atoms with Crippen molar-refractivity contribution in [2.75, 3.05) is 0 Å². The molecule has 0 radical (unpaired) electrons. The average molecular weight is 309 g/mol. The minimum absolute atomic E-state index is 0.400. The Kier molecular flexibility index (Phi) is 8.10. The van der Waals surface area contributed by atoms with Crippen LogP contribution in [0.5, 0.6) is 0 Å². The molecule has 0 unspecified atom stereocenters. The SMILES string of the molecule is CCCCCCC#CC(=N[S@@](=O)C(C)(C)C)C(F)(F)F. The molecule has 0 saturated carbocycles. The van der Waals surface area contributed by atoms with Gasteiger partial charge in [-0.25, -0.2) is 4.21 Å². The maximum Gasteiger partial charge on any atom is 0.442 e. The topological polar surface area (TPSA) is 29.4 Å². The van der Waals surface area contributed by atoms with E-state index in [0.717, 1.165) is 25.7 Å². The molecule has 0 saturated heterocycles. The first-order valence-corrected chi connectivity index (χ1v) is 7.76. The van der Waals surface area contributed by atoms with E-state index < -0.39 is 27.6 Å². The predicted octanol–water partition coefficient (Wildman–Crippen LogP) is 4.43. The van der Waals surface area contributed by atoms with Crippen LogP contribution in [0.15, 0.2) is 4.40 Å². The van der Waals surface area contributed by atoms with Crippen LogP contribution in [0.4, 0.5) is 13.2 Å². The smallest absolute Gasteiger partial charge is 0.234 e. The number of alkyl halides is 3. The minimum Gasteiger partial charge on any atom is -0.234 e. The van der Waals surface area contributed by atoms with Crippen molar-refractivity contribution in [3.63, 3.8) is 0 Å². The Morgan fingerprint density at radius 2 is 1.75 bits per heavy atom. The zero-order valence-electron chi connectivity index (χ0n) is 12.4. The van der Waals surface area contributed by atoms with Crippen LogP contribution in [-0.4, -0.2) is 20.8 Å². The Balaban J connectivity index is 4.82. The van der Waals surface area contributed by atoms with E-state index in [1.165, 1.54) is 0 Å². The van der Waals surface area contributed by atoms with Gasteiger partial charge in [0.05, 0.1) is 4.75 Å². The molecule has 6 heteroatoms. The molecule has 0 aromatic heterocycles. The summed E-state index contributed by atoms with van der Waals surface area (Å²) in [5.41, 5.74) is -1.25. The van der Waals surface area contributed by atoms with Gasteiger partial charge in [0.25, 0.3) is 0 Å². The van der Waals surface area contributed by atoms with Gasteiger partial charge in [-0.3, -0.25) is 0 Å². The number of hydrogen-bond acceptors (Lipinski definition) is 1. The Hall–Kier alpha value is -0.830. The van der Waals surface area contributed by atoms with Gasteiger partial charge in [0.1, 0.15) is 11.0 Å².